The van der Waals surface area contributed by atoms with Crippen LogP contribution in [0.25, 0.3) is 0 Å². The molecule has 1 saturated heterocycles. The third-order valence-corrected chi connectivity index (χ3v) is 3.77. The lowest BCUT2D eigenvalue weighted by atomic mass is 9.91. The summed E-state index contributed by atoms with van der Waals surface area (Å²) in [5.41, 5.74) is 0.284. The Bertz CT molecular complexity index is 454. The average molecular weight is 292 g/mol. The zero-order valence-corrected chi connectivity index (χ0v) is 12.8. The van der Waals surface area contributed by atoms with Crippen molar-refractivity contribution < 1.29 is 14.6 Å². The van der Waals surface area contributed by atoms with Gasteiger partial charge in [0.05, 0.1) is 5.60 Å². The molecule has 1 aromatic rings. The number of hydrogen-bond acceptors (Lipinski definition) is 4. The fourth-order valence-corrected chi connectivity index (χ4v) is 2.66. The number of likely N-dealkylation sites (tertiary alicyclic amines) is 1. The van der Waals surface area contributed by atoms with Crippen LogP contribution in [-0.4, -0.2) is 60.3 Å². The van der Waals surface area contributed by atoms with E-state index in [1.54, 1.807) is 4.90 Å². The Labute approximate surface area is 126 Å². The number of carbonyl (C=O) groups is 1. The Hall–Kier alpha value is -1.59. The molecule has 2 rings (SSSR count). The highest BCUT2D eigenvalue weighted by atomic mass is 16.6. The summed E-state index contributed by atoms with van der Waals surface area (Å²) < 4.78 is 5.31. The number of benzene rings is 1. The highest BCUT2D eigenvalue weighted by Crippen LogP contribution is 2.23. The van der Waals surface area contributed by atoms with Crippen molar-refractivity contribution in [2.24, 2.45) is 0 Å². The lowest BCUT2D eigenvalue weighted by Crippen LogP contribution is -2.51. The molecule has 5 nitrogen and oxygen atoms in total. The highest BCUT2D eigenvalue weighted by molar-refractivity contribution is 5.67. The van der Waals surface area contributed by atoms with Crippen LogP contribution < -0.4 is 0 Å². The number of amides is 1. The van der Waals surface area contributed by atoms with Gasteiger partial charge in [-0.25, -0.2) is 4.79 Å². The van der Waals surface area contributed by atoms with Gasteiger partial charge in [0.25, 0.3) is 0 Å². The lowest BCUT2D eigenvalue weighted by molar-refractivity contribution is -0.0361. The largest absolute Gasteiger partial charge is 0.445 e. The van der Waals surface area contributed by atoms with Gasteiger partial charge in [0.2, 0.25) is 0 Å². The second kappa shape index (κ2) is 6.91. The summed E-state index contributed by atoms with van der Waals surface area (Å²) in [6.45, 7) is 1.99. The molecule has 0 spiro atoms. The van der Waals surface area contributed by atoms with Crippen molar-refractivity contribution in [3.05, 3.63) is 35.9 Å². The fraction of sp³-hybridized carbons (Fsp3) is 0.562. The first kappa shape index (κ1) is 15.8. The maximum atomic E-state index is 12.0. The molecule has 0 atom stereocenters. The third-order valence-electron chi connectivity index (χ3n) is 3.77. The zero-order valence-electron chi connectivity index (χ0n) is 12.8. The van der Waals surface area contributed by atoms with E-state index in [1.807, 2.05) is 49.3 Å². The van der Waals surface area contributed by atoms with Crippen LogP contribution in [-0.2, 0) is 11.3 Å². The van der Waals surface area contributed by atoms with Crippen LogP contribution in [0.3, 0.4) is 0 Å². The molecular formula is C16H24N2O3. The molecule has 1 heterocycles. The average Bonchev–Trinajstić information content (AvgIpc) is 2.45. The van der Waals surface area contributed by atoms with Crippen LogP contribution in [0, 0.1) is 0 Å². The SMILES string of the molecule is CN(C)CC1(O)CCN(C(=O)OCc2ccccc2)CC1. The van der Waals surface area contributed by atoms with Crippen LogP contribution in [0.2, 0.25) is 0 Å². The topological polar surface area (TPSA) is 53.0 Å². The molecule has 1 aliphatic heterocycles. The van der Waals surface area contributed by atoms with Crippen molar-refractivity contribution in [1.29, 1.82) is 0 Å². The minimum Gasteiger partial charge on any atom is -0.445 e. The molecule has 0 aromatic heterocycles. The smallest absolute Gasteiger partial charge is 0.410 e. The van der Waals surface area contributed by atoms with Gasteiger partial charge in [0.1, 0.15) is 6.61 Å². The van der Waals surface area contributed by atoms with Gasteiger partial charge in [-0.3, -0.25) is 0 Å². The van der Waals surface area contributed by atoms with Crippen LogP contribution in [0.1, 0.15) is 18.4 Å². The summed E-state index contributed by atoms with van der Waals surface area (Å²) in [5, 5.41) is 10.4. The van der Waals surface area contributed by atoms with Crippen LogP contribution in [0.5, 0.6) is 0 Å². The number of hydrogen-bond donors (Lipinski definition) is 1. The Morgan fingerprint density at radius 2 is 1.90 bits per heavy atom. The molecular weight excluding hydrogens is 268 g/mol. The first-order valence-electron chi connectivity index (χ1n) is 7.31. The van der Waals surface area contributed by atoms with Gasteiger partial charge in [-0.05, 0) is 32.5 Å². The predicted octanol–water partition coefficient (Wildman–Crippen LogP) is 1.71. The van der Waals surface area contributed by atoms with Crippen molar-refractivity contribution >= 4 is 6.09 Å². The molecule has 1 amide bonds. The molecule has 0 unspecified atom stereocenters. The lowest BCUT2D eigenvalue weighted by Gasteiger charge is -2.39. The van der Waals surface area contributed by atoms with Gasteiger partial charge in [0.15, 0.2) is 0 Å². The Balaban J connectivity index is 1.78. The van der Waals surface area contributed by atoms with E-state index < -0.39 is 5.60 Å². The highest BCUT2D eigenvalue weighted by Gasteiger charge is 2.34. The summed E-state index contributed by atoms with van der Waals surface area (Å²) in [7, 11) is 3.89. The number of aliphatic hydroxyl groups is 1. The molecule has 0 radical (unpaired) electrons. The molecule has 0 bridgehead atoms. The third kappa shape index (κ3) is 4.72. The Morgan fingerprint density at radius 3 is 2.48 bits per heavy atom. The minimum atomic E-state index is -0.695. The molecule has 1 aromatic carbocycles. The Morgan fingerprint density at radius 1 is 1.29 bits per heavy atom. The van der Waals surface area contributed by atoms with E-state index in [0.717, 1.165) is 5.56 Å². The fourth-order valence-electron chi connectivity index (χ4n) is 2.66. The number of nitrogens with zero attached hydrogens (tertiary/aromatic N) is 2. The van der Waals surface area contributed by atoms with E-state index in [4.69, 9.17) is 4.74 Å². The quantitative estimate of drug-likeness (QED) is 0.918. The van der Waals surface area contributed by atoms with E-state index in [2.05, 4.69) is 0 Å². The van der Waals surface area contributed by atoms with E-state index >= 15 is 0 Å². The minimum absolute atomic E-state index is 0.290. The Kier molecular flexibility index (Phi) is 5.20. The van der Waals surface area contributed by atoms with E-state index in [1.165, 1.54) is 0 Å². The summed E-state index contributed by atoms with van der Waals surface area (Å²) in [6.07, 6.45) is 0.878. The molecule has 1 aliphatic rings. The molecule has 5 heteroatoms. The summed E-state index contributed by atoms with van der Waals surface area (Å²) in [6, 6.07) is 9.64. The maximum Gasteiger partial charge on any atom is 0.410 e. The summed E-state index contributed by atoms with van der Waals surface area (Å²) in [4.78, 5) is 15.7. The van der Waals surface area contributed by atoms with Crippen LogP contribution in [0.15, 0.2) is 30.3 Å². The number of likely N-dealkylation sites (N-methyl/N-ethyl adjacent to an activating group) is 1. The molecule has 21 heavy (non-hydrogen) atoms. The predicted molar refractivity (Wildman–Crippen MR) is 80.9 cm³/mol. The molecule has 1 N–H and O–H groups in total. The van der Waals surface area contributed by atoms with Gasteiger partial charge < -0.3 is 19.6 Å². The van der Waals surface area contributed by atoms with Crippen molar-refractivity contribution in [2.75, 3.05) is 33.7 Å². The second-order valence-corrected chi connectivity index (χ2v) is 5.99. The van der Waals surface area contributed by atoms with Gasteiger partial charge in [-0.1, -0.05) is 30.3 Å². The maximum absolute atomic E-state index is 12.0. The van der Waals surface area contributed by atoms with Crippen molar-refractivity contribution in [3.8, 4) is 0 Å². The van der Waals surface area contributed by atoms with Gasteiger partial charge in [-0.2, -0.15) is 0 Å². The van der Waals surface area contributed by atoms with E-state index in [0.29, 0.717) is 32.5 Å². The number of rotatable bonds is 4. The van der Waals surface area contributed by atoms with Crippen LogP contribution >= 0.6 is 0 Å². The van der Waals surface area contributed by atoms with Crippen molar-refractivity contribution in [2.45, 2.75) is 25.0 Å². The first-order valence-corrected chi connectivity index (χ1v) is 7.31. The zero-order chi connectivity index (χ0) is 15.3. The van der Waals surface area contributed by atoms with Crippen molar-refractivity contribution in [3.63, 3.8) is 0 Å². The summed E-state index contributed by atoms with van der Waals surface area (Å²) >= 11 is 0. The van der Waals surface area contributed by atoms with Gasteiger partial charge >= 0.3 is 6.09 Å². The first-order chi connectivity index (χ1) is 9.98. The monoisotopic (exact) mass is 292 g/mol. The normalized spacial score (nSPS) is 17.8. The summed E-state index contributed by atoms with van der Waals surface area (Å²) in [5.74, 6) is 0. The number of piperidine rings is 1. The molecule has 0 saturated carbocycles. The molecule has 0 aliphatic carbocycles. The number of ether oxygens (including phenoxy) is 1. The van der Waals surface area contributed by atoms with Gasteiger partial charge in [0, 0.05) is 19.6 Å². The van der Waals surface area contributed by atoms with E-state index in [9.17, 15) is 9.90 Å². The van der Waals surface area contributed by atoms with Crippen molar-refractivity contribution in [1.82, 2.24) is 9.80 Å². The number of carbonyl (C=O) groups excluding carboxylic acids is 1. The van der Waals surface area contributed by atoms with Crippen LogP contribution in [0.4, 0.5) is 4.79 Å². The van der Waals surface area contributed by atoms with E-state index in [-0.39, 0.29) is 12.7 Å². The van der Waals surface area contributed by atoms with Gasteiger partial charge in [-0.15, -0.1) is 0 Å². The standard InChI is InChI=1S/C16H24N2O3/c1-17(2)13-16(20)8-10-18(11-9-16)15(19)21-12-14-6-4-3-5-7-14/h3-7,20H,8-13H2,1-2H3. The second-order valence-electron chi connectivity index (χ2n) is 5.99. The molecule has 116 valence electrons. The molecule has 1 fully saturated rings.